The molecule has 1 unspecified atom stereocenters. The molecule has 1 heterocycles. The molecule has 1 amide bonds. The Morgan fingerprint density at radius 3 is 2.61 bits per heavy atom. The lowest BCUT2D eigenvalue weighted by atomic mass is 9.91. The smallest absolute Gasteiger partial charge is 0.225 e. The van der Waals surface area contributed by atoms with Crippen LogP contribution in [0.4, 0.5) is 5.69 Å². The van der Waals surface area contributed by atoms with Gasteiger partial charge < -0.3 is 20.7 Å². The van der Waals surface area contributed by atoms with Crippen molar-refractivity contribution in [2.75, 3.05) is 31.6 Å². The van der Waals surface area contributed by atoms with Gasteiger partial charge in [-0.2, -0.15) is 0 Å². The van der Waals surface area contributed by atoms with Crippen molar-refractivity contribution in [1.29, 1.82) is 0 Å². The van der Waals surface area contributed by atoms with Crippen LogP contribution in [0.15, 0.2) is 83.9 Å². The molecule has 3 aromatic rings. The maximum Gasteiger partial charge on any atom is 0.225 e. The lowest BCUT2D eigenvalue weighted by molar-refractivity contribution is -0.116. The van der Waals surface area contributed by atoms with Gasteiger partial charge in [-0.05, 0) is 30.2 Å². The van der Waals surface area contributed by atoms with E-state index < -0.39 is 0 Å². The van der Waals surface area contributed by atoms with E-state index in [4.69, 9.17) is 9.73 Å². The van der Waals surface area contributed by atoms with Gasteiger partial charge in [0.05, 0.1) is 13.1 Å². The van der Waals surface area contributed by atoms with Gasteiger partial charge in [0.15, 0.2) is 5.96 Å². The zero-order chi connectivity index (χ0) is 22.9. The fraction of sp³-hybridized carbons (Fsp3) is 0.259. The molecule has 6 heteroatoms. The number of para-hydroxylation sites is 2. The molecule has 0 saturated heterocycles. The van der Waals surface area contributed by atoms with Gasteiger partial charge in [-0.25, -0.2) is 0 Å². The zero-order valence-corrected chi connectivity index (χ0v) is 18.9. The predicted molar refractivity (Wildman–Crippen MR) is 134 cm³/mol. The lowest BCUT2D eigenvalue weighted by Crippen LogP contribution is -2.39. The first-order chi connectivity index (χ1) is 16.2. The summed E-state index contributed by atoms with van der Waals surface area (Å²) in [5.74, 6) is 1.69. The SMILES string of the molecule is CCNC(=NCC1CC(=O)Nc2ccccc21)NCCOc1ccccc1-c1ccccc1. The maximum atomic E-state index is 12.1. The fourth-order valence-electron chi connectivity index (χ4n) is 3.99. The molecule has 4 rings (SSSR count). The standard InChI is InChI=1S/C27H30N4O2/c1-2-28-27(30-19-21-18-26(32)31-24-14-8-6-12-22(21)24)29-16-17-33-25-15-9-7-13-23(25)20-10-4-3-5-11-20/h3-15,21H,2,16-19H2,1H3,(H,31,32)(H2,28,29,30). The third kappa shape index (κ3) is 5.92. The number of hydrogen-bond acceptors (Lipinski definition) is 3. The Morgan fingerprint density at radius 1 is 1.00 bits per heavy atom. The second-order valence-electron chi connectivity index (χ2n) is 7.89. The number of hydrogen-bond donors (Lipinski definition) is 3. The Kier molecular flexibility index (Phi) is 7.59. The monoisotopic (exact) mass is 442 g/mol. The number of fused-ring (bicyclic) bond motifs is 1. The Balaban J connectivity index is 1.35. The van der Waals surface area contributed by atoms with E-state index in [1.807, 2.05) is 61.5 Å². The van der Waals surface area contributed by atoms with E-state index in [9.17, 15) is 4.79 Å². The van der Waals surface area contributed by atoms with Crippen LogP contribution in [0.5, 0.6) is 5.75 Å². The number of guanidine groups is 1. The number of carbonyl (C=O) groups is 1. The van der Waals surface area contributed by atoms with Crippen molar-refractivity contribution in [3.63, 3.8) is 0 Å². The van der Waals surface area contributed by atoms with Gasteiger partial charge in [0.1, 0.15) is 12.4 Å². The van der Waals surface area contributed by atoms with Gasteiger partial charge in [-0.15, -0.1) is 0 Å². The second-order valence-corrected chi connectivity index (χ2v) is 7.89. The normalized spacial score (nSPS) is 15.4. The maximum absolute atomic E-state index is 12.1. The highest BCUT2D eigenvalue weighted by molar-refractivity contribution is 5.94. The van der Waals surface area contributed by atoms with Crippen LogP contribution in [0.1, 0.15) is 24.8 Å². The molecule has 170 valence electrons. The van der Waals surface area contributed by atoms with Crippen molar-refractivity contribution < 1.29 is 9.53 Å². The molecule has 1 atom stereocenters. The summed E-state index contributed by atoms with van der Waals surface area (Å²) in [4.78, 5) is 16.8. The molecule has 0 fully saturated rings. The molecule has 33 heavy (non-hydrogen) atoms. The summed E-state index contributed by atoms with van der Waals surface area (Å²) in [6, 6.07) is 26.2. The van der Waals surface area contributed by atoms with Gasteiger partial charge in [-0.1, -0.05) is 66.7 Å². The van der Waals surface area contributed by atoms with E-state index in [1.54, 1.807) is 0 Å². The first kappa shape index (κ1) is 22.4. The Hall–Kier alpha value is -3.80. The van der Waals surface area contributed by atoms with E-state index in [1.165, 1.54) is 0 Å². The van der Waals surface area contributed by atoms with Gasteiger partial charge in [-0.3, -0.25) is 9.79 Å². The van der Waals surface area contributed by atoms with Crippen LogP contribution in [0.25, 0.3) is 11.1 Å². The number of anilines is 1. The highest BCUT2D eigenvalue weighted by atomic mass is 16.5. The summed E-state index contributed by atoms with van der Waals surface area (Å²) in [5.41, 5.74) is 4.23. The predicted octanol–water partition coefficient (Wildman–Crippen LogP) is 4.41. The van der Waals surface area contributed by atoms with E-state index in [0.29, 0.717) is 26.1 Å². The van der Waals surface area contributed by atoms with Crippen LogP contribution in [-0.2, 0) is 4.79 Å². The van der Waals surface area contributed by atoms with E-state index in [-0.39, 0.29) is 11.8 Å². The summed E-state index contributed by atoms with van der Waals surface area (Å²) in [7, 11) is 0. The van der Waals surface area contributed by atoms with Crippen molar-refractivity contribution in [3.05, 3.63) is 84.4 Å². The van der Waals surface area contributed by atoms with Gasteiger partial charge in [0, 0.05) is 30.1 Å². The lowest BCUT2D eigenvalue weighted by Gasteiger charge is -2.24. The fourth-order valence-corrected chi connectivity index (χ4v) is 3.99. The molecular weight excluding hydrogens is 412 g/mol. The summed E-state index contributed by atoms with van der Waals surface area (Å²) in [5, 5.41) is 9.56. The Labute approximate surface area is 195 Å². The number of aliphatic imine (C=N–C) groups is 1. The topological polar surface area (TPSA) is 74.8 Å². The minimum absolute atomic E-state index is 0.0392. The van der Waals surface area contributed by atoms with Crippen LogP contribution in [0, 0.1) is 0 Å². The van der Waals surface area contributed by atoms with Crippen LogP contribution in [-0.4, -0.2) is 38.1 Å². The van der Waals surface area contributed by atoms with Gasteiger partial charge in [0.2, 0.25) is 5.91 Å². The number of ether oxygens (including phenoxy) is 1. The second kappa shape index (κ2) is 11.2. The largest absolute Gasteiger partial charge is 0.491 e. The quantitative estimate of drug-likeness (QED) is 0.274. The summed E-state index contributed by atoms with van der Waals surface area (Å²) < 4.78 is 6.08. The van der Waals surface area contributed by atoms with Crippen LogP contribution in [0.3, 0.4) is 0 Å². The first-order valence-electron chi connectivity index (χ1n) is 11.4. The molecule has 0 spiro atoms. The number of carbonyl (C=O) groups excluding carboxylic acids is 1. The summed E-state index contributed by atoms with van der Waals surface area (Å²) >= 11 is 0. The number of nitrogens with zero attached hydrogens (tertiary/aromatic N) is 1. The minimum Gasteiger partial charge on any atom is -0.491 e. The minimum atomic E-state index is 0.0392. The number of amides is 1. The third-order valence-corrected chi connectivity index (χ3v) is 5.54. The molecule has 1 aliphatic rings. The molecule has 3 aromatic carbocycles. The van der Waals surface area contributed by atoms with Crippen molar-refractivity contribution >= 4 is 17.6 Å². The van der Waals surface area contributed by atoms with Crippen LogP contribution in [0.2, 0.25) is 0 Å². The van der Waals surface area contributed by atoms with Crippen molar-refractivity contribution in [1.82, 2.24) is 10.6 Å². The molecular formula is C27H30N4O2. The van der Waals surface area contributed by atoms with Crippen molar-refractivity contribution in [2.45, 2.75) is 19.3 Å². The third-order valence-electron chi connectivity index (χ3n) is 5.54. The molecule has 0 radical (unpaired) electrons. The highest BCUT2D eigenvalue weighted by Gasteiger charge is 2.24. The van der Waals surface area contributed by atoms with Gasteiger partial charge in [0.25, 0.3) is 0 Å². The zero-order valence-electron chi connectivity index (χ0n) is 18.9. The molecule has 3 N–H and O–H groups in total. The summed E-state index contributed by atoms with van der Waals surface area (Å²) in [6.07, 6.45) is 0.444. The molecule has 1 aliphatic heterocycles. The number of benzene rings is 3. The van der Waals surface area contributed by atoms with Crippen LogP contribution < -0.4 is 20.7 Å². The van der Waals surface area contributed by atoms with Gasteiger partial charge >= 0.3 is 0 Å². The molecule has 6 nitrogen and oxygen atoms in total. The average molecular weight is 443 g/mol. The van der Waals surface area contributed by atoms with E-state index >= 15 is 0 Å². The number of rotatable bonds is 8. The molecule has 0 bridgehead atoms. The van der Waals surface area contributed by atoms with E-state index in [2.05, 4.69) is 40.2 Å². The van der Waals surface area contributed by atoms with E-state index in [0.717, 1.165) is 40.6 Å². The number of nitrogens with one attached hydrogen (secondary N) is 3. The Morgan fingerprint density at radius 2 is 1.76 bits per heavy atom. The molecule has 0 aliphatic carbocycles. The molecule has 0 aromatic heterocycles. The summed E-state index contributed by atoms with van der Waals surface area (Å²) in [6.45, 7) is 4.44. The van der Waals surface area contributed by atoms with Crippen molar-refractivity contribution in [3.8, 4) is 16.9 Å². The average Bonchev–Trinajstić information content (AvgIpc) is 2.85. The molecule has 0 saturated carbocycles. The van der Waals surface area contributed by atoms with Crippen LogP contribution >= 0.6 is 0 Å². The first-order valence-corrected chi connectivity index (χ1v) is 11.4. The Bertz CT molecular complexity index is 1100. The highest BCUT2D eigenvalue weighted by Crippen LogP contribution is 2.32. The van der Waals surface area contributed by atoms with Crippen molar-refractivity contribution in [2.24, 2.45) is 4.99 Å².